The first kappa shape index (κ1) is 12.6. The Morgan fingerprint density at radius 1 is 1.60 bits per heavy atom. The van der Waals surface area contributed by atoms with Gasteiger partial charge in [0.05, 0.1) is 18.3 Å². The molecule has 1 amide bonds. The lowest BCUT2D eigenvalue weighted by Crippen LogP contribution is -2.24. The van der Waals surface area contributed by atoms with E-state index in [1.165, 1.54) is 11.3 Å². The Morgan fingerprint density at radius 3 is 3.13 bits per heavy atom. The monoisotopic (exact) mass is 292 g/mol. The first-order valence-corrected chi connectivity index (χ1v) is 6.65. The molecular weight excluding hydrogens is 280 g/mol. The number of aromatic nitrogens is 1. The number of thiazole rings is 1. The van der Waals surface area contributed by atoms with Crippen molar-refractivity contribution < 1.29 is 9.53 Å². The lowest BCUT2D eigenvalue weighted by Gasteiger charge is -2.03. The van der Waals surface area contributed by atoms with Gasteiger partial charge in [-0.05, 0) is 6.42 Å². The van der Waals surface area contributed by atoms with Crippen molar-refractivity contribution in [1.29, 1.82) is 0 Å². The fourth-order valence-electron chi connectivity index (χ4n) is 0.948. The topological polar surface area (TPSA) is 51.2 Å². The molecule has 0 fully saturated rings. The summed E-state index contributed by atoms with van der Waals surface area (Å²) < 4.78 is 5.25. The molecule has 0 spiro atoms. The van der Waals surface area contributed by atoms with Gasteiger partial charge in [0, 0.05) is 18.5 Å². The van der Waals surface area contributed by atoms with Crippen LogP contribution in [0.2, 0.25) is 0 Å². The molecule has 0 aliphatic rings. The molecule has 1 heterocycles. The van der Waals surface area contributed by atoms with Crippen LogP contribution in [0.3, 0.4) is 0 Å². The minimum absolute atomic E-state index is 0.0574. The number of rotatable bonds is 7. The average molecular weight is 293 g/mol. The summed E-state index contributed by atoms with van der Waals surface area (Å²) in [5, 5.41) is 3.65. The number of carbonyl (C=O) groups excluding carboxylic acids is 1. The molecule has 1 rings (SSSR count). The molecule has 0 aromatic carbocycles. The van der Waals surface area contributed by atoms with Crippen molar-refractivity contribution in [2.45, 2.75) is 6.42 Å². The number of nitrogens with one attached hydrogen (secondary N) is 1. The van der Waals surface area contributed by atoms with E-state index >= 15 is 0 Å². The van der Waals surface area contributed by atoms with E-state index < -0.39 is 0 Å². The van der Waals surface area contributed by atoms with Gasteiger partial charge in [0.2, 0.25) is 0 Å². The fraction of sp³-hybridized carbons (Fsp3) is 0.556. The molecule has 15 heavy (non-hydrogen) atoms. The molecule has 6 heteroatoms. The maximum absolute atomic E-state index is 11.4. The number of nitrogens with zero attached hydrogens (tertiary/aromatic N) is 1. The molecule has 0 aliphatic carbocycles. The van der Waals surface area contributed by atoms with Crippen LogP contribution >= 0.6 is 27.3 Å². The van der Waals surface area contributed by atoms with Crippen LogP contribution in [0.1, 0.15) is 16.1 Å². The van der Waals surface area contributed by atoms with Gasteiger partial charge in [-0.15, -0.1) is 11.3 Å². The van der Waals surface area contributed by atoms with Crippen LogP contribution < -0.4 is 5.32 Å². The molecule has 0 radical (unpaired) electrons. The van der Waals surface area contributed by atoms with Crippen molar-refractivity contribution in [3.8, 4) is 0 Å². The molecule has 1 N–H and O–H groups in total. The SMILES string of the molecule is O=C(NCCCOCCBr)c1cncs1. The standard InChI is InChI=1S/C9H13BrN2O2S/c10-2-5-14-4-1-3-12-9(13)8-6-11-7-15-8/h6-7H,1-5H2,(H,12,13). The summed E-state index contributed by atoms with van der Waals surface area (Å²) in [5.41, 5.74) is 1.65. The zero-order valence-electron chi connectivity index (χ0n) is 8.24. The smallest absolute Gasteiger partial charge is 0.262 e. The quantitative estimate of drug-likeness (QED) is 0.614. The Morgan fingerprint density at radius 2 is 2.47 bits per heavy atom. The molecule has 1 aromatic heterocycles. The van der Waals surface area contributed by atoms with Gasteiger partial charge >= 0.3 is 0 Å². The van der Waals surface area contributed by atoms with E-state index in [0.29, 0.717) is 24.6 Å². The van der Waals surface area contributed by atoms with Gasteiger partial charge in [-0.25, -0.2) is 0 Å². The summed E-state index contributed by atoms with van der Waals surface area (Å²) in [6.07, 6.45) is 2.40. The number of alkyl halides is 1. The van der Waals surface area contributed by atoms with Crippen LogP contribution in [0.15, 0.2) is 11.7 Å². The van der Waals surface area contributed by atoms with Gasteiger partial charge in [-0.3, -0.25) is 9.78 Å². The molecule has 0 saturated heterocycles. The Hall–Kier alpha value is -0.460. The molecule has 0 atom stereocenters. The van der Waals surface area contributed by atoms with Crippen molar-refractivity contribution in [2.24, 2.45) is 0 Å². The second kappa shape index (κ2) is 7.78. The van der Waals surface area contributed by atoms with E-state index in [-0.39, 0.29) is 5.91 Å². The summed E-state index contributed by atoms with van der Waals surface area (Å²) in [6.45, 7) is 2.02. The summed E-state index contributed by atoms with van der Waals surface area (Å²) in [6, 6.07) is 0. The van der Waals surface area contributed by atoms with Crippen molar-refractivity contribution in [3.63, 3.8) is 0 Å². The third-order valence-electron chi connectivity index (χ3n) is 1.63. The maximum atomic E-state index is 11.4. The molecule has 4 nitrogen and oxygen atoms in total. The van der Waals surface area contributed by atoms with Gasteiger partial charge in [0.15, 0.2) is 0 Å². The second-order valence-electron chi connectivity index (χ2n) is 2.78. The van der Waals surface area contributed by atoms with E-state index in [2.05, 4.69) is 26.2 Å². The largest absolute Gasteiger partial charge is 0.381 e. The van der Waals surface area contributed by atoms with E-state index in [9.17, 15) is 4.79 Å². The third-order valence-corrected chi connectivity index (χ3v) is 2.72. The summed E-state index contributed by atoms with van der Waals surface area (Å²) in [5.74, 6) is -0.0574. The zero-order chi connectivity index (χ0) is 10.9. The van der Waals surface area contributed by atoms with E-state index in [0.717, 1.165) is 11.8 Å². The highest BCUT2D eigenvalue weighted by Gasteiger charge is 2.05. The Labute approximate surface area is 101 Å². The van der Waals surface area contributed by atoms with Crippen LogP contribution in [0, 0.1) is 0 Å². The minimum atomic E-state index is -0.0574. The number of carbonyl (C=O) groups is 1. The van der Waals surface area contributed by atoms with Crippen molar-refractivity contribution >= 4 is 33.2 Å². The van der Waals surface area contributed by atoms with Crippen LogP contribution in [0.5, 0.6) is 0 Å². The van der Waals surface area contributed by atoms with Crippen molar-refractivity contribution in [1.82, 2.24) is 10.3 Å². The first-order chi connectivity index (χ1) is 7.34. The molecule has 0 bridgehead atoms. The Bertz CT molecular complexity index is 280. The van der Waals surface area contributed by atoms with Crippen molar-refractivity contribution in [3.05, 3.63) is 16.6 Å². The van der Waals surface area contributed by atoms with E-state index in [1.54, 1.807) is 11.7 Å². The average Bonchev–Trinajstić information content (AvgIpc) is 2.76. The lowest BCUT2D eigenvalue weighted by atomic mass is 10.4. The predicted molar refractivity (Wildman–Crippen MR) is 63.7 cm³/mol. The van der Waals surface area contributed by atoms with E-state index in [4.69, 9.17) is 4.74 Å². The van der Waals surface area contributed by atoms with Crippen molar-refractivity contribution in [2.75, 3.05) is 25.1 Å². The fourth-order valence-corrected chi connectivity index (χ4v) is 1.71. The number of halogens is 1. The Balaban J connectivity index is 2.03. The first-order valence-electron chi connectivity index (χ1n) is 4.65. The molecule has 0 saturated carbocycles. The Kier molecular flexibility index (Phi) is 6.54. The normalized spacial score (nSPS) is 10.2. The van der Waals surface area contributed by atoms with Gasteiger partial charge in [-0.2, -0.15) is 0 Å². The van der Waals surface area contributed by atoms with E-state index in [1.807, 2.05) is 0 Å². The van der Waals surface area contributed by atoms with Gasteiger partial charge in [0.25, 0.3) is 5.91 Å². The van der Waals surface area contributed by atoms with Crippen LogP contribution in [-0.4, -0.2) is 36.0 Å². The van der Waals surface area contributed by atoms with Gasteiger partial charge < -0.3 is 10.1 Å². The summed E-state index contributed by atoms with van der Waals surface area (Å²) >= 11 is 4.61. The number of amides is 1. The predicted octanol–water partition coefficient (Wildman–Crippen LogP) is 1.67. The number of hydrogen-bond acceptors (Lipinski definition) is 4. The van der Waals surface area contributed by atoms with Crippen LogP contribution in [0.25, 0.3) is 0 Å². The third kappa shape index (κ3) is 5.25. The van der Waals surface area contributed by atoms with Crippen LogP contribution in [-0.2, 0) is 4.74 Å². The highest BCUT2D eigenvalue weighted by molar-refractivity contribution is 9.09. The number of ether oxygens (including phenoxy) is 1. The minimum Gasteiger partial charge on any atom is -0.381 e. The summed E-state index contributed by atoms with van der Waals surface area (Å²) in [7, 11) is 0. The number of hydrogen-bond donors (Lipinski definition) is 1. The molecule has 84 valence electrons. The van der Waals surface area contributed by atoms with Gasteiger partial charge in [0.1, 0.15) is 4.88 Å². The zero-order valence-corrected chi connectivity index (χ0v) is 10.6. The highest BCUT2D eigenvalue weighted by Crippen LogP contribution is 2.04. The van der Waals surface area contributed by atoms with Crippen LogP contribution in [0.4, 0.5) is 0 Å². The molecule has 0 aliphatic heterocycles. The second-order valence-corrected chi connectivity index (χ2v) is 4.46. The van der Waals surface area contributed by atoms with Gasteiger partial charge in [-0.1, -0.05) is 15.9 Å². The summed E-state index contributed by atoms with van der Waals surface area (Å²) in [4.78, 5) is 15.9. The molecule has 0 unspecified atom stereocenters. The molecule has 1 aromatic rings. The highest BCUT2D eigenvalue weighted by atomic mass is 79.9. The lowest BCUT2D eigenvalue weighted by molar-refractivity contribution is 0.0948. The maximum Gasteiger partial charge on any atom is 0.262 e. The molecular formula is C9H13BrN2O2S.